The predicted octanol–water partition coefficient (Wildman–Crippen LogP) is 0.688. The summed E-state index contributed by atoms with van der Waals surface area (Å²) < 4.78 is 26.7. The summed E-state index contributed by atoms with van der Waals surface area (Å²) in [6.45, 7) is 15.1. The molecule has 0 aromatic carbocycles. The van der Waals surface area contributed by atoms with E-state index in [2.05, 4.69) is 20.4 Å². The minimum absolute atomic E-state index is 0.178. The van der Waals surface area contributed by atoms with Gasteiger partial charge in [-0.05, 0) is 68.1 Å². The van der Waals surface area contributed by atoms with Crippen LogP contribution in [0.3, 0.4) is 0 Å². The van der Waals surface area contributed by atoms with E-state index in [9.17, 15) is 24.9 Å². The molecular weight excluding hydrogens is 699 g/mol. The van der Waals surface area contributed by atoms with Crippen LogP contribution in [-0.4, -0.2) is 167 Å². The van der Waals surface area contributed by atoms with Gasteiger partial charge in [0.1, 0.15) is 30.3 Å². The molecule has 0 amide bonds. The molecule has 308 valence electrons. The SMILES string of the molecule is Bn1cc(CCN(C)[C@H]2C[C@@H](C)O[C@@H](O[C@@H]3[C@H](C)C(=O)[C@@H](C)C(=O)O[C@H](CC)[C@@](C)(O)[C@H](O)[C@@H](C)/C(=N/OCCN(C)C)[C@H](C)C[C@@]3(C)OC)[C@@H]2O)nn1. The van der Waals surface area contributed by atoms with Gasteiger partial charge >= 0.3 is 5.97 Å². The van der Waals surface area contributed by atoms with E-state index in [0.717, 1.165) is 5.69 Å². The lowest BCUT2D eigenvalue weighted by Crippen LogP contribution is -2.60. The summed E-state index contributed by atoms with van der Waals surface area (Å²) in [4.78, 5) is 37.6. The molecular formula is C37H67BN6O10. The Morgan fingerprint density at radius 3 is 2.33 bits per heavy atom. The van der Waals surface area contributed by atoms with Crippen molar-refractivity contribution in [2.24, 2.45) is 28.8 Å². The minimum Gasteiger partial charge on any atom is -0.459 e. The van der Waals surface area contributed by atoms with Crippen LogP contribution >= 0.6 is 0 Å². The molecule has 54 heavy (non-hydrogen) atoms. The Labute approximate surface area is 322 Å². The highest BCUT2D eigenvalue weighted by molar-refractivity contribution is 6.05. The van der Waals surface area contributed by atoms with Gasteiger partial charge in [0.25, 0.3) is 7.98 Å². The van der Waals surface area contributed by atoms with Gasteiger partial charge in [-0.1, -0.05) is 38.1 Å². The first kappa shape index (κ1) is 45.9. The second-order valence-electron chi connectivity index (χ2n) is 16.3. The first-order chi connectivity index (χ1) is 25.2. The van der Waals surface area contributed by atoms with E-state index in [1.165, 1.54) is 21.0 Å². The first-order valence-electron chi connectivity index (χ1n) is 19.3. The molecule has 0 aliphatic carbocycles. The molecule has 2 fully saturated rings. The molecule has 2 aliphatic rings. The number of likely N-dealkylation sites (N-methyl/N-ethyl adjacent to an activating group) is 2. The summed E-state index contributed by atoms with van der Waals surface area (Å²) in [5, 5.41) is 48.0. The summed E-state index contributed by atoms with van der Waals surface area (Å²) >= 11 is 0. The van der Waals surface area contributed by atoms with Crippen LogP contribution in [0.5, 0.6) is 0 Å². The molecule has 0 saturated carbocycles. The zero-order valence-electron chi connectivity index (χ0n) is 34.8. The second-order valence-corrected chi connectivity index (χ2v) is 16.3. The molecule has 16 nitrogen and oxygen atoms in total. The molecule has 13 atom stereocenters. The van der Waals surface area contributed by atoms with Crippen LogP contribution in [0.4, 0.5) is 0 Å². The monoisotopic (exact) mass is 767 g/mol. The number of oxime groups is 1. The molecule has 2 saturated heterocycles. The Hall–Kier alpha value is -2.51. The van der Waals surface area contributed by atoms with Gasteiger partial charge in [-0.15, -0.1) is 5.10 Å². The van der Waals surface area contributed by atoms with Crippen LogP contribution < -0.4 is 0 Å². The van der Waals surface area contributed by atoms with Crippen LogP contribution in [0.25, 0.3) is 0 Å². The van der Waals surface area contributed by atoms with Gasteiger partial charge in [-0.3, -0.25) is 9.59 Å². The number of aliphatic hydroxyl groups is 3. The van der Waals surface area contributed by atoms with E-state index in [-0.39, 0.29) is 31.6 Å². The maximum atomic E-state index is 14.2. The van der Waals surface area contributed by atoms with E-state index in [4.69, 9.17) is 23.8 Å². The molecule has 0 unspecified atom stereocenters. The van der Waals surface area contributed by atoms with Crippen molar-refractivity contribution in [2.75, 3.05) is 47.9 Å². The van der Waals surface area contributed by atoms with E-state index in [1.807, 2.05) is 61.0 Å². The Morgan fingerprint density at radius 1 is 1.09 bits per heavy atom. The smallest absolute Gasteiger partial charge is 0.316 e. The molecule has 17 heteroatoms. The number of aromatic nitrogens is 3. The summed E-state index contributed by atoms with van der Waals surface area (Å²) in [6.07, 6.45) is -2.73. The van der Waals surface area contributed by atoms with Gasteiger partial charge in [-0.2, -0.15) is 0 Å². The number of Topliss-reactive ketones (excluding diaryl/α,β-unsaturated/α-hetero) is 1. The number of hydrogen-bond acceptors (Lipinski definition) is 15. The average molecular weight is 767 g/mol. The summed E-state index contributed by atoms with van der Waals surface area (Å²) in [7, 11) is 9.09. The van der Waals surface area contributed by atoms with Crippen molar-refractivity contribution in [1.29, 1.82) is 0 Å². The minimum atomic E-state index is -1.90. The van der Waals surface area contributed by atoms with Crippen LogP contribution in [0, 0.1) is 23.7 Å². The number of ether oxygens (including phenoxy) is 4. The molecule has 0 spiro atoms. The van der Waals surface area contributed by atoms with Gasteiger partial charge in [0.05, 0.1) is 35.3 Å². The van der Waals surface area contributed by atoms with Crippen molar-refractivity contribution < 1.29 is 48.7 Å². The van der Waals surface area contributed by atoms with Crippen molar-refractivity contribution in [3.63, 3.8) is 0 Å². The van der Waals surface area contributed by atoms with Crippen LogP contribution in [-0.2, 0) is 39.8 Å². The molecule has 3 heterocycles. The van der Waals surface area contributed by atoms with Crippen LogP contribution in [0.1, 0.15) is 80.3 Å². The molecule has 0 radical (unpaired) electrons. The fourth-order valence-corrected chi connectivity index (χ4v) is 7.85. The van der Waals surface area contributed by atoms with E-state index < -0.39 is 77.3 Å². The number of cyclic esters (lactones) is 1. The zero-order valence-corrected chi connectivity index (χ0v) is 34.8. The summed E-state index contributed by atoms with van der Waals surface area (Å²) in [5.74, 6) is -4.71. The van der Waals surface area contributed by atoms with Gasteiger partial charge in [0.2, 0.25) is 0 Å². The highest BCUT2D eigenvalue weighted by Gasteiger charge is 2.51. The number of rotatable bonds is 12. The van der Waals surface area contributed by atoms with Gasteiger partial charge < -0.3 is 53.5 Å². The van der Waals surface area contributed by atoms with Gasteiger partial charge in [0, 0.05) is 56.6 Å². The summed E-state index contributed by atoms with van der Waals surface area (Å²) in [6, 6.07) is -0.347. The Morgan fingerprint density at radius 2 is 1.76 bits per heavy atom. The number of carbonyl (C=O) groups is 2. The maximum absolute atomic E-state index is 14.2. The van der Waals surface area contributed by atoms with Gasteiger partial charge in [0.15, 0.2) is 12.1 Å². The van der Waals surface area contributed by atoms with Crippen molar-refractivity contribution in [3.8, 4) is 0 Å². The van der Waals surface area contributed by atoms with E-state index in [1.54, 1.807) is 25.4 Å². The molecule has 3 N–H and O–H groups in total. The molecule has 1 aromatic rings. The third kappa shape index (κ3) is 11.1. The third-order valence-corrected chi connectivity index (χ3v) is 11.4. The lowest BCUT2D eigenvalue weighted by atomic mass is 9.74. The maximum Gasteiger partial charge on any atom is 0.316 e. The van der Waals surface area contributed by atoms with Crippen molar-refractivity contribution in [2.45, 2.75) is 135 Å². The largest absolute Gasteiger partial charge is 0.459 e. The van der Waals surface area contributed by atoms with E-state index in [0.29, 0.717) is 31.6 Å². The molecule has 2 aliphatic heterocycles. The Balaban J connectivity index is 2.06. The number of methoxy groups -OCH3 is 1. The van der Waals surface area contributed by atoms with Crippen molar-refractivity contribution in [3.05, 3.63) is 11.9 Å². The number of esters is 1. The van der Waals surface area contributed by atoms with Crippen molar-refractivity contribution in [1.82, 2.24) is 24.7 Å². The van der Waals surface area contributed by atoms with E-state index >= 15 is 0 Å². The average Bonchev–Trinajstić information content (AvgIpc) is 3.54. The standard InChI is InChI=1S/C37H67BN6O10/c1-13-28-37(8,49)32(47)23(4)29(40-51-17-16-42(9)10)21(2)19-36(7,50-12)33(24(5)30(45)25(6)34(48)53-28)54-35-31(46)27(18-22(3)52-35)43(11)15-14-26-20-44(38)41-39-26/h20-25,27-28,31-33,35,46-47,49H,13-19,38H2,1-12H3/b40-29+/t21-,22-,23+,24-,25-,27+,28-,31-,32-,33-,35+,36-,37-/m1/s1. The number of ketones is 1. The number of aliphatic hydroxyl groups excluding tert-OH is 2. The second kappa shape index (κ2) is 19.6. The fourth-order valence-electron chi connectivity index (χ4n) is 7.85. The normalized spacial score (nSPS) is 38.5. The lowest BCUT2D eigenvalue weighted by molar-refractivity contribution is -0.295. The van der Waals surface area contributed by atoms with Crippen LogP contribution in [0.15, 0.2) is 11.4 Å². The third-order valence-electron chi connectivity index (χ3n) is 11.4. The number of hydrogen-bond donors (Lipinski definition) is 3. The molecule has 0 bridgehead atoms. The number of carbonyl (C=O) groups excluding carboxylic acids is 2. The highest BCUT2D eigenvalue weighted by Crippen LogP contribution is 2.38. The van der Waals surface area contributed by atoms with Crippen molar-refractivity contribution >= 4 is 25.4 Å². The van der Waals surface area contributed by atoms with Crippen LogP contribution in [0.2, 0.25) is 0 Å². The lowest BCUT2D eigenvalue weighted by Gasteiger charge is -2.47. The quantitative estimate of drug-likeness (QED) is 0.0886. The van der Waals surface area contributed by atoms with Gasteiger partial charge in [-0.25, -0.2) is 0 Å². The fraction of sp³-hybridized carbons (Fsp3) is 0.865. The Kier molecular flexibility index (Phi) is 16.6. The zero-order chi connectivity index (χ0) is 40.7. The highest BCUT2D eigenvalue weighted by atomic mass is 16.7. The number of nitrogens with zero attached hydrogens (tertiary/aromatic N) is 6. The topological polar surface area (TPSA) is 191 Å². The first-order valence-corrected chi connectivity index (χ1v) is 19.3. The Bertz CT molecular complexity index is 1400. The predicted molar refractivity (Wildman–Crippen MR) is 204 cm³/mol. The summed E-state index contributed by atoms with van der Waals surface area (Å²) in [5.41, 5.74) is -1.85. The molecule has 1 aromatic heterocycles. The molecule has 3 rings (SSSR count).